The van der Waals surface area contributed by atoms with Gasteiger partial charge in [0.1, 0.15) is 0 Å². The van der Waals surface area contributed by atoms with E-state index in [-0.39, 0.29) is 0 Å². The fourth-order valence-corrected chi connectivity index (χ4v) is 0.979. The van der Waals surface area contributed by atoms with E-state index in [1.807, 2.05) is 6.08 Å². The number of rotatable bonds is 7. The minimum atomic E-state index is 0.797. The summed E-state index contributed by atoms with van der Waals surface area (Å²) >= 11 is 0. The molecule has 0 aliphatic rings. The van der Waals surface area contributed by atoms with Crippen LogP contribution in [0.15, 0.2) is 12.7 Å². The van der Waals surface area contributed by atoms with Crippen LogP contribution in [0, 0.1) is 0 Å². The van der Waals surface area contributed by atoms with Crippen LogP contribution >= 0.6 is 0 Å². The van der Waals surface area contributed by atoms with Crippen LogP contribution in [0.4, 0.5) is 0 Å². The predicted molar refractivity (Wildman–Crippen MR) is 50.6 cm³/mol. The van der Waals surface area contributed by atoms with Gasteiger partial charge in [-0.05, 0) is 45.9 Å². The van der Waals surface area contributed by atoms with Gasteiger partial charge in [-0.3, -0.25) is 0 Å². The van der Waals surface area contributed by atoms with Crippen LogP contribution in [0.5, 0.6) is 0 Å². The maximum Gasteiger partial charge on any atom is -0.000977 e. The number of hydrogen-bond acceptors (Lipinski definition) is 2. The molecule has 0 heterocycles. The Morgan fingerprint density at radius 3 is 2.55 bits per heavy atom. The zero-order chi connectivity index (χ0) is 8.53. The highest BCUT2D eigenvalue weighted by Crippen LogP contribution is 1.93. The maximum atomic E-state index is 5.39. The lowest BCUT2D eigenvalue weighted by atomic mass is 10.3. The lowest BCUT2D eigenvalue weighted by Gasteiger charge is -2.14. The number of unbranched alkanes of at least 4 members (excludes halogenated alkanes) is 1. The Hall–Kier alpha value is -0.340. The standard InChI is InChI=1S/C9H20N2/c1-3-4-5-8-11(2)9-6-7-10/h3H,1,4-10H2,2H3. The van der Waals surface area contributed by atoms with E-state index in [0.29, 0.717) is 0 Å². The first-order valence-electron chi connectivity index (χ1n) is 4.30. The molecule has 2 N–H and O–H groups in total. The Kier molecular flexibility index (Phi) is 7.52. The number of nitrogens with zero attached hydrogens (tertiary/aromatic N) is 1. The first-order valence-corrected chi connectivity index (χ1v) is 4.30. The van der Waals surface area contributed by atoms with Gasteiger partial charge in [-0.25, -0.2) is 0 Å². The number of allylic oxidation sites excluding steroid dienone is 1. The Labute approximate surface area is 70.1 Å². The van der Waals surface area contributed by atoms with Crippen molar-refractivity contribution < 1.29 is 0 Å². The van der Waals surface area contributed by atoms with Gasteiger partial charge in [-0.15, -0.1) is 6.58 Å². The first-order chi connectivity index (χ1) is 5.31. The number of nitrogens with two attached hydrogens (primary N) is 1. The second-order valence-electron chi connectivity index (χ2n) is 2.88. The molecule has 0 aliphatic carbocycles. The zero-order valence-corrected chi connectivity index (χ0v) is 7.55. The molecular weight excluding hydrogens is 136 g/mol. The second-order valence-corrected chi connectivity index (χ2v) is 2.88. The molecule has 0 aromatic carbocycles. The maximum absolute atomic E-state index is 5.39. The Balaban J connectivity index is 3.08. The highest BCUT2D eigenvalue weighted by atomic mass is 15.1. The molecule has 0 fully saturated rings. The molecule has 0 aliphatic heterocycles. The van der Waals surface area contributed by atoms with Crippen molar-refractivity contribution in [2.45, 2.75) is 19.3 Å². The largest absolute Gasteiger partial charge is 0.330 e. The molecule has 0 spiro atoms. The average molecular weight is 156 g/mol. The van der Waals surface area contributed by atoms with Gasteiger partial charge in [0, 0.05) is 0 Å². The number of hydrogen-bond donors (Lipinski definition) is 1. The Morgan fingerprint density at radius 1 is 1.36 bits per heavy atom. The van der Waals surface area contributed by atoms with E-state index in [1.54, 1.807) is 0 Å². The summed E-state index contributed by atoms with van der Waals surface area (Å²) in [5.41, 5.74) is 5.39. The third kappa shape index (κ3) is 7.56. The smallest absolute Gasteiger partial charge is 0.000977 e. The van der Waals surface area contributed by atoms with Gasteiger partial charge in [0.15, 0.2) is 0 Å². The summed E-state index contributed by atoms with van der Waals surface area (Å²) in [6.07, 6.45) is 5.40. The molecule has 11 heavy (non-hydrogen) atoms. The van der Waals surface area contributed by atoms with Crippen LogP contribution < -0.4 is 5.73 Å². The molecule has 0 radical (unpaired) electrons. The Bertz CT molecular complexity index is 91.6. The molecule has 0 rings (SSSR count). The fraction of sp³-hybridized carbons (Fsp3) is 0.778. The minimum Gasteiger partial charge on any atom is -0.330 e. The lowest BCUT2D eigenvalue weighted by Crippen LogP contribution is -2.22. The minimum absolute atomic E-state index is 0.797. The molecule has 0 bridgehead atoms. The van der Waals surface area contributed by atoms with E-state index in [4.69, 9.17) is 5.73 Å². The van der Waals surface area contributed by atoms with Crippen LogP contribution in [0.1, 0.15) is 19.3 Å². The molecule has 0 saturated carbocycles. The van der Waals surface area contributed by atoms with Gasteiger partial charge < -0.3 is 10.6 Å². The van der Waals surface area contributed by atoms with Crippen molar-refractivity contribution in [3.63, 3.8) is 0 Å². The van der Waals surface area contributed by atoms with Crippen LogP contribution in [-0.2, 0) is 0 Å². The quantitative estimate of drug-likeness (QED) is 0.444. The van der Waals surface area contributed by atoms with Gasteiger partial charge >= 0.3 is 0 Å². The summed E-state index contributed by atoms with van der Waals surface area (Å²) < 4.78 is 0. The van der Waals surface area contributed by atoms with E-state index in [2.05, 4.69) is 18.5 Å². The van der Waals surface area contributed by atoms with Gasteiger partial charge in [-0.2, -0.15) is 0 Å². The van der Waals surface area contributed by atoms with Crippen molar-refractivity contribution in [2.24, 2.45) is 5.73 Å². The first kappa shape index (κ1) is 10.7. The SMILES string of the molecule is C=CCCCN(C)CCCN. The summed E-state index contributed by atoms with van der Waals surface area (Å²) in [7, 11) is 2.14. The molecule has 0 saturated heterocycles. The molecule has 0 amide bonds. The van der Waals surface area contributed by atoms with Crippen molar-refractivity contribution in [1.82, 2.24) is 4.90 Å². The topological polar surface area (TPSA) is 29.3 Å². The predicted octanol–water partition coefficient (Wildman–Crippen LogP) is 1.23. The normalized spacial score (nSPS) is 10.5. The summed E-state index contributed by atoms with van der Waals surface area (Å²) in [4.78, 5) is 2.32. The van der Waals surface area contributed by atoms with Crippen LogP contribution in [0.2, 0.25) is 0 Å². The summed E-state index contributed by atoms with van der Waals surface area (Å²) in [6, 6.07) is 0. The third-order valence-electron chi connectivity index (χ3n) is 1.69. The lowest BCUT2D eigenvalue weighted by molar-refractivity contribution is 0.328. The second kappa shape index (κ2) is 7.76. The summed E-state index contributed by atoms with van der Waals surface area (Å²) in [5, 5.41) is 0. The van der Waals surface area contributed by atoms with Gasteiger partial charge in [0.05, 0.1) is 0 Å². The molecule has 0 aromatic heterocycles. The van der Waals surface area contributed by atoms with Crippen molar-refractivity contribution in [2.75, 3.05) is 26.7 Å². The third-order valence-corrected chi connectivity index (χ3v) is 1.69. The van der Waals surface area contributed by atoms with E-state index in [0.717, 1.165) is 32.5 Å². The van der Waals surface area contributed by atoms with Gasteiger partial charge in [-0.1, -0.05) is 6.08 Å². The molecular formula is C9H20N2. The van der Waals surface area contributed by atoms with Crippen molar-refractivity contribution in [1.29, 1.82) is 0 Å². The van der Waals surface area contributed by atoms with E-state index < -0.39 is 0 Å². The molecule has 0 unspecified atom stereocenters. The zero-order valence-electron chi connectivity index (χ0n) is 7.55. The molecule has 0 atom stereocenters. The monoisotopic (exact) mass is 156 g/mol. The van der Waals surface area contributed by atoms with Crippen molar-refractivity contribution in [3.05, 3.63) is 12.7 Å². The van der Waals surface area contributed by atoms with Crippen LogP contribution in [0.25, 0.3) is 0 Å². The van der Waals surface area contributed by atoms with Gasteiger partial charge in [0.2, 0.25) is 0 Å². The van der Waals surface area contributed by atoms with Gasteiger partial charge in [0.25, 0.3) is 0 Å². The summed E-state index contributed by atoms with van der Waals surface area (Å²) in [6.45, 7) is 6.76. The van der Waals surface area contributed by atoms with Crippen molar-refractivity contribution in [3.8, 4) is 0 Å². The average Bonchev–Trinajstić information content (AvgIpc) is 2.01. The van der Waals surface area contributed by atoms with Crippen LogP contribution in [0.3, 0.4) is 0 Å². The van der Waals surface area contributed by atoms with Crippen molar-refractivity contribution >= 4 is 0 Å². The highest BCUT2D eigenvalue weighted by Gasteiger charge is 1.94. The molecule has 66 valence electrons. The highest BCUT2D eigenvalue weighted by molar-refractivity contribution is 4.66. The fourth-order valence-electron chi connectivity index (χ4n) is 0.979. The molecule has 2 nitrogen and oxygen atoms in total. The van der Waals surface area contributed by atoms with E-state index in [9.17, 15) is 0 Å². The molecule has 0 aromatic rings. The molecule has 2 heteroatoms. The summed E-state index contributed by atoms with van der Waals surface area (Å²) in [5.74, 6) is 0. The van der Waals surface area contributed by atoms with Crippen LogP contribution in [-0.4, -0.2) is 31.6 Å². The van der Waals surface area contributed by atoms with E-state index >= 15 is 0 Å². The van der Waals surface area contributed by atoms with E-state index in [1.165, 1.54) is 6.42 Å². The Morgan fingerprint density at radius 2 is 2.00 bits per heavy atom.